The van der Waals surface area contributed by atoms with Gasteiger partial charge in [0, 0.05) is 17.5 Å². The van der Waals surface area contributed by atoms with Crippen LogP contribution in [0, 0.1) is 5.82 Å². The molecule has 0 fully saturated rings. The zero-order chi connectivity index (χ0) is 20.4. The Kier molecular flexibility index (Phi) is 5.00. The number of hydrogen-bond acceptors (Lipinski definition) is 4. The van der Waals surface area contributed by atoms with Gasteiger partial charge in [-0.1, -0.05) is 54.6 Å². The first kappa shape index (κ1) is 19.0. The molecule has 4 aromatic rings. The monoisotopic (exact) mass is 408 g/mol. The normalized spacial score (nSPS) is 11.5. The quantitative estimate of drug-likeness (QED) is 0.531. The van der Waals surface area contributed by atoms with Gasteiger partial charge < -0.3 is 4.42 Å². The van der Waals surface area contributed by atoms with Crippen molar-refractivity contribution in [3.63, 3.8) is 0 Å². The number of benzene rings is 3. The van der Waals surface area contributed by atoms with Crippen molar-refractivity contribution < 1.29 is 17.2 Å². The van der Waals surface area contributed by atoms with Gasteiger partial charge in [-0.2, -0.15) is 0 Å². The molecule has 1 heterocycles. The molecule has 0 aliphatic carbocycles. The van der Waals surface area contributed by atoms with Crippen LogP contribution in [0.5, 0.6) is 0 Å². The van der Waals surface area contributed by atoms with E-state index in [4.69, 9.17) is 9.56 Å². The molecule has 7 heteroatoms. The summed E-state index contributed by atoms with van der Waals surface area (Å²) < 4.78 is 42.8. The second-order valence-corrected chi connectivity index (χ2v) is 8.09. The summed E-state index contributed by atoms with van der Waals surface area (Å²) in [5.41, 5.74) is 2.71. The molecular formula is C22H17FN2O3S. The summed E-state index contributed by atoms with van der Waals surface area (Å²) in [5.74, 6) is 0.499. The second-order valence-electron chi connectivity index (χ2n) is 6.53. The number of halogens is 1. The van der Waals surface area contributed by atoms with Crippen LogP contribution in [0.3, 0.4) is 0 Å². The molecule has 4 rings (SSSR count). The first-order valence-electron chi connectivity index (χ1n) is 8.83. The zero-order valence-electron chi connectivity index (χ0n) is 15.2. The van der Waals surface area contributed by atoms with Crippen LogP contribution in [-0.2, 0) is 16.4 Å². The Hall–Kier alpha value is -3.29. The van der Waals surface area contributed by atoms with E-state index >= 15 is 0 Å². The van der Waals surface area contributed by atoms with Crippen LogP contribution in [0.2, 0.25) is 0 Å². The Bertz CT molecular complexity index is 1250. The smallest absolute Gasteiger partial charge is 0.238 e. The Balaban J connectivity index is 1.80. The van der Waals surface area contributed by atoms with Gasteiger partial charge >= 0.3 is 0 Å². The van der Waals surface area contributed by atoms with Gasteiger partial charge in [0.25, 0.3) is 0 Å². The molecular weight excluding hydrogens is 391 g/mol. The van der Waals surface area contributed by atoms with E-state index in [9.17, 15) is 12.8 Å². The summed E-state index contributed by atoms with van der Waals surface area (Å²) in [6.07, 6.45) is 0.471. The van der Waals surface area contributed by atoms with Gasteiger partial charge in [-0.05, 0) is 29.8 Å². The maximum atomic E-state index is 13.8. The first-order chi connectivity index (χ1) is 13.9. The Morgan fingerprint density at radius 1 is 0.897 bits per heavy atom. The van der Waals surface area contributed by atoms with E-state index in [0.717, 1.165) is 5.56 Å². The summed E-state index contributed by atoms with van der Waals surface area (Å²) in [6.45, 7) is 0. The molecule has 146 valence electrons. The average molecular weight is 408 g/mol. The highest BCUT2D eigenvalue weighted by molar-refractivity contribution is 7.89. The van der Waals surface area contributed by atoms with Crippen molar-refractivity contribution in [2.75, 3.05) is 0 Å². The minimum absolute atomic E-state index is 0.00144. The van der Waals surface area contributed by atoms with E-state index < -0.39 is 10.0 Å². The number of aromatic nitrogens is 1. The minimum Gasteiger partial charge on any atom is -0.440 e. The van der Waals surface area contributed by atoms with Crippen LogP contribution in [0.15, 0.2) is 88.2 Å². The Morgan fingerprint density at radius 3 is 2.28 bits per heavy atom. The predicted molar refractivity (Wildman–Crippen MR) is 108 cm³/mol. The molecule has 0 aliphatic rings. The fraction of sp³-hybridized carbons (Fsp3) is 0.0455. The lowest BCUT2D eigenvalue weighted by Gasteiger charge is -2.03. The summed E-state index contributed by atoms with van der Waals surface area (Å²) in [7, 11) is -3.80. The molecule has 0 saturated carbocycles. The van der Waals surface area contributed by atoms with Crippen molar-refractivity contribution in [1.82, 2.24) is 4.98 Å². The number of oxazole rings is 1. The molecule has 0 aliphatic heterocycles. The molecule has 3 aromatic carbocycles. The summed E-state index contributed by atoms with van der Waals surface area (Å²) >= 11 is 0. The van der Waals surface area contributed by atoms with E-state index in [1.807, 2.05) is 30.3 Å². The highest BCUT2D eigenvalue weighted by atomic mass is 32.2. The number of nitrogens with two attached hydrogens (primary N) is 1. The molecule has 0 unspecified atom stereocenters. The number of primary sulfonamides is 1. The van der Waals surface area contributed by atoms with Crippen LogP contribution >= 0.6 is 0 Å². The van der Waals surface area contributed by atoms with Gasteiger partial charge in [0.15, 0.2) is 11.7 Å². The van der Waals surface area contributed by atoms with E-state index in [1.54, 1.807) is 24.3 Å². The standard InChI is InChI=1S/C22H17FN2O3S/c23-18-8-4-7-17(14-18)22-21(16-9-11-19(12-10-16)29(24,26)27)25-20(28-22)13-15-5-2-1-3-6-15/h1-12,14H,13H2,(H2,24,26,27). The fourth-order valence-corrected chi connectivity index (χ4v) is 3.55. The predicted octanol–water partition coefficient (Wildman–Crippen LogP) is 4.39. The molecule has 2 N–H and O–H groups in total. The lowest BCUT2D eigenvalue weighted by atomic mass is 10.1. The van der Waals surface area contributed by atoms with Gasteiger partial charge in [0.05, 0.1) is 4.90 Å². The minimum atomic E-state index is -3.80. The van der Waals surface area contributed by atoms with Crippen molar-refractivity contribution in [3.05, 3.63) is 96.1 Å². The zero-order valence-corrected chi connectivity index (χ0v) is 16.1. The van der Waals surface area contributed by atoms with Gasteiger partial charge in [0.2, 0.25) is 10.0 Å². The molecule has 0 atom stereocenters. The maximum absolute atomic E-state index is 13.8. The van der Waals surface area contributed by atoms with Crippen LogP contribution in [0.4, 0.5) is 4.39 Å². The highest BCUT2D eigenvalue weighted by Gasteiger charge is 2.18. The third-order valence-corrected chi connectivity index (χ3v) is 5.34. The van der Waals surface area contributed by atoms with Crippen LogP contribution in [0.1, 0.15) is 11.5 Å². The lowest BCUT2D eigenvalue weighted by Crippen LogP contribution is -2.11. The van der Waals surface area contributed by atoms with Crippen LogP contribution in [0.25, 0.3) is 22.6 Å². The largest absolute Gasteiger partial charge is 0.440 e. The molecule has 0 radical (unpaired) electrons. The second kappa shape index (κ2) is 7.62. The highest BCUT2D eigenvalue weighted by Crippen LogP contribution is 2.34. The van der Waals surface area contributed by atoms with Crippen molar-refractivity contribution in [3.8, 4) is 22.6 Å². The number of rotatable bonds is 5. The topological polar surface area (TPSA) is 86.2 Å². The van der Waals surface area contributed by atoms with E-state index in [0.29, 0.717) is 34.9 Å². The summed E-state index contributed by atoms with van der Waals surface area (Å²) in [4.78, 5) is 4.61. The lowest BCUT2D eigenvalue weighted by molar-refractivity contribution is 0.518. The van der Waals surface area contributed by atoms with Gasteiger partial charge in [-0.3, -0.25) is 0 Å². The molecule has 1 aromatic heterocycles. The SMILES string of the molecule is NS(=O)(=O)c1ccc(-c2nc(Cc3ccccc3)oc2-c2cccc(F)c2)cc1. The molecule has 29 heavy (non-hydrogen) atoms. The number of hydrogen-bond donors (Lipinski definition) is 1. The molecule has 0 saturated heterocycles. The summed E-state index contributed by atoms with van der Waals surface area (Å²) in [6, 6.07) is 21.8. The number of sulfonamides is 1. The van der Waals surface area contributed by atoms with Crippen molar-refractivity contribution >= 4 is 10.0 Å². The fourth-order valence-electron chi connectivity index (χ4n) is 3.03. The number of nitrogens with zero attached hydrogens (tertiary/aromatic N) is 1. The maximum Gasteiger partial charge on any atom is 0.238 e. The molecule has 0 bridgehead atoms. The van der Waals surface area contributed by atoms with Gasteiger partial charge in [-0.25, -0.2) is 22.9 Å². The Morgan fingerprint density at radius 2 is 1.62 bits per heavy atom. The van der Waals surface area contributed by atoms with E-state index in [2.05, 4.69) is 4.98 Å². The average Bonchev–Trinajstić information content (AvgIpc) is 3.12. The third-order valence-electron chi connectivity index (χ3n) is 4.41. The van der Waals surface area contributed by atoms with E-state index in [-0.39, 0.29) is 10.7 Å². The van der Waals surface area contributed by atoms with Gasteiger partial charge in [-0.15, -0.1) is 0 Å². The molecule has 5 nitrogen and oxygen atoms in total. The molecule has 0 amide bonds. The molecule has 0 spiro atoms. The Labute approximate surface area is 167 Å². The van der Waals surface area contributed by atoms with Crippen molar-refractivity contribution in [2.24, 2.45) is 5.14 Å². The van der Waals surface area contributed by atoms with Crippen molar-refractivity contribution in [2.45, 2.75) is 11.3 Å². The van der Waals surface area contributed by atoms with Crippen LogP contribution in [-0.4, -0.2) is 13.4 Å². The van der Waals surface area contributed by atoms with Crippen LogP contribution < -0.4 is 5.14 Å². The summed E-state index contributed by atoms with van der Waals surface area (Å²) in [5, 5.41) is 5.17. The first-order valence-corrected chi connectivity index (χ1v) is 10.4. The third kappa shape index (κ3) is 4.26. The van der Waals surface area contributed by atoms with E-state index in [1.165, 1.54) is 24.3 Å². The van der Waals surface area contributed by atoms with Crippen molar-refractivity contribution in [1.29, 1.82) is 0 Å². The van der Waals surface area contributed by atoms with Gasteiger partial charge in [0.1, 0.15) is 11.5 Å².